The highest BCUT2D eigenvalue weighted by atomic mass is 32.1. The Morgan fingerprint density at radius 3 is 2.75 bits per heavy atom. The third kappa shape index (κ3) is 2.76. The van der Waals surface area contributed by atoms with E-state index in [0.717, 1.165) is 18.1 Å². The zero-order chi connectivity index (χ0) is 13.8. The van der Waals surface area contributed by atoms with Crippen LogP contribution in [0.4, 0.5) is 0 Å². The van der Waals surface area contributed by atoms with Crippen LogP contribution < -0.4 is 5.32 Å². The van der Waals surface area contributed by atoms with E-state index in [2.05, 4.69) is 39.2 Å². The first-order chi connectivity index (χ1) is 9.84. The number of para-hydroxylation sites is 1. The maximum Gasteiger partial charge on any atom is 0.170 e. The van der Waals surface area contributed by atoms with Crippen LogP contribution >= 0.6 is 11.3 Å². The Kier molecular flexibility index (Phi) is 3.85. The molecule has 102 valence electrons. The average Bonchev–Trinajstić information content (AvgIpc) is 3.10. The van der Waals surface area contributed by atoms with Crippen molar-refractivity contribution in [3.05, 3.63) is 58.0 Å². The minimum Gasteiger partial charge on any atom is -0.305 e. The Morgan fingerprint density at radius 1 is 1.15 bits per heavy atom. The van der Waals surface area contributed by atoms with E-state index in [1.807, 2.05) is 30.3 Å². The predicted molar refractivity (Wildman–Crippen MR) is 78.8 cm³/mol. The third-order valence-electron chi connectivity index (χ3n) is 3.07. The van der Waals surface area contributed by atoms with Crippen molar-refractivity contribution in [1.82, 2.24) is 25.5 Å². The highest BCUT2D eigenvalue weighted by Crippen LogP contribution is 2.15. The van der Waals surface area contributed by atoms with Gasteiger partial charge < -0.3 is 5.32 Å². The zero-order valence-corrected chi connectivity index (χ0v) is 12.0. The summed E-state index contributed by atoms with van der Waals surface area (Å²) < 4.78 is 1.76. The second kappa shape index (κ2) is 5.94. The molecule has 5 nitrogen and oxygen atoms in total. The molecule has 3 aromatic rings. The largest absolute Gasteiger partial charge is 0.305 e. The lowest BCUT2D eigenvalue weighted by Crippen LogP contribution is -2.16. The van der Waals surface area contributed by atoms with Gasteiger partial charge in [-0.3, -0.25) is 0 Å². The molecule has 0 amide bonds. The van der Waals surface area contributed by atoms with Gasteiger partial charge in [-0.05, 0) is 46.5 Å². The van der Waals surface area contributed by atoms with Gasteiger partial charge in [-0.2, -0.15) is 4.68 Å². The van der Waals surface area contributed by atoms with Crippen molar-refractivity contribution in [3.8, 4) is 5.69 Å². The molecule has 3 rings (SSSR count). The van der Waals surface area contributed by atoms with Gasteiger partial charge in [-0.1, -0.05) is 18.2 Å². The summed E-state index contributed by atoms with van der Waals surface area (Å²) in [6.07, 6.45) is 0. The van der Waals surface area contributed by atoms with Crippen molar-refractivity contribution < 1.29 is 0 Å². The van der Waals surface area contributed by atoms with Crippen molar-refractivity contribution in [1.29, 1.82) is 0 Å². The molecule has 0 aliphatic carbocycles. The van der Waals surface area contributed by atoms with Crippen molar-refractivity contribution in [3.63, 3.8) is 0 Å². The number of nitrogens with zero attached hydrogens (tertiary/aromatic N) is 4. The van der Waals surface area contributed by atoms with Gasteiger partial charge >= 0.3 is 0 Å². The number of aromatic nitrogens is 4. The molecule has 1 N–H and O–H groups in total. The van der Waals surface area contributed by atoms with Crippen molar-refractivity contribution in [2.45, 2.75) is 20.0 Å². The third-order valence-corrected chi connectivity index (χ3v) is 4.09. The molecule has 0 saturated carbocycles. The second-order valence-electron chi connectivity index (χ2n) is 4.47. The number of aryl methyl sites for hydroxylation is 1. The molecule has 2 heterocycles. The number of nitrogens with one attached hydrogen (secondary N) is 1. The molecular weight excluding hydrogens is 270 g/mol. The molecule has 0 atom stereocenters. The molecule has 0 radical (unpaired) electrons. The highest BCUT2D eigenvalue weighted by Gasteiger charge is 2.07. The molecule has 6 heteroatoms. The van der Waals surface area contributed by atoms with Crippen molar-refractivity contribution in [2.75, 3.05) is 0 Å². The smallest absolute Gasteiger partial charge is 0.170 e. The first kappa shape index (κ1) is 13.0. The molecule has 0 aliphatic rings. The SMILES string of the molecule is Cc1ccsc1CNCc1nnnn1-c1ccccc1. The first-order valence-corrected chi connectivity index (χ1v) is 7.29. The van der Waals surface area contributed by atoms with Gasteiger partial charge in [0.1, 0.15) is 0 Å². The summed E-state index contributed by atoms with van der Waals surface area (Å²) in [6.45, 7) is 3.60. The fourth-order valence-electron chi connectivity index (χ4n) is 1.96. The number of tetrazole rings is 1. The van der Waals surface area contributed by atoms with Crippen molar-refractivity contribution in [2.24, 2.45) is 0 Å². The van der Waals surface area contributed by atoms with Gasteiger partial charge in [-0.15, -0.1) is 16.4 Å². The summed E-state index contributed by atoms with van der Waals surface area (Å²) in [7, 11) is 0. The van der Waals surface area contributed by atoms with E-state index in [9.17, 15) is 0 Å². The van der Waals surface area contributed by atoms with E-state index in [-0.39, 0.29) is 0 Å². The molecule has 0 fully saturated rings. The lowest BCUT2D eigenvalue weighted by molar-refractivity contribution is 0.645. The van der Waals surface area contributed by atoms with Crippen LogP contribution in [0.5, 0.6) is 0 Å². The van der Waals surface area contributed by atoms with E-state index < -0.39 is 0 Å². The first-order valence-electron chi connectivity index (χ1n) is 6.41. The van der Waals surface area contributed by atoms with Crippen LogP contribution in [-0.4, -0.2) is 20.2 Å². The predicted octanol–water partition coefficient (Wildman–Crippen LogP) is 2.32. The van der Waals surface area contributed by atoms with E-state index in [0.29, 0.717) is 6.54 Å². The number of benzene rings is 1. The van der Waals surface area contributed by atoms with Crippen LogP contribution in [0.15, 0.2) is 41.8 Å². The maximum absolute atomic E-state index is 4.08. The summed E-state index contributed by atoms with van der Waals surface area (Å²) in [6, 6.07) is 12.0. The standard InChI is InChI=1S/C14H15N5S/c1-11-7-8-20-13(11)9-15-10-14-16-17-18-19(14)12-5-3-2-4-6-12/h2-8,15H,9-10H2,1H3. The molecule has 0 saturated heterocycles. The van der Waals surface area contributed by atoms with Gasteiger partial charge in [0.25, 0.3) is 0 Å². The Bertz CT molecular complexity index is 674. The van der Waals surface area contributed by atoms with Crippen LogP contribution in [-0.2, 0) is 13.1 Å². The highest BCUT2D eigenvalue weighted by molar-refractivity contribution is 7.10. The van der Waals surface area contributed by atoms with Gasteiger partial charge in [0.15, 0.2) is 5.82 Å². The molecule has 0 spiro atoms. The van der Waals surface area contributed by atoms with E-state index in [4.69, 9.17) is 0 Å². The van der Waals surface area contributed by atoms with Gasteiger partial charge in [0.2, 0.25) is 0 Å². The Labute approximate surface area is 121 Å². The van der Waals surface area contributed by atoms with Gasteiger partial charge in [0, 0.05) is 11.4 Å². The number of hydrogen-bond donors (Lipinski definition) is 1. The van der Waals surface area contributed by atoms with Gasteiger partial charge in [-0.25, -0.2) is 0 Å². The minimum atomic E-state index is 0.638. The summed E-state index contributed by atoms with van der Waals surface area (Å²) >= 11 is 1.77. The average molecular weight is 285 g/mol. The van der Waals surface area contributed by atoms with Crippen LogP contribution in [0.25, 0.3) is 5.69 Å². The maximum atomic E-state index is 4.08. The van der Waals surface area contributed by atoms with Crippen LogP contribution in [0.1, 0.15) is 16.3 Å². The summed E-state index contributed by atoms with van der Waals surface area (Å²) in [5.41, 5.74) is 2.30. The Balaban J connectivity index is 1.67. The zero-order valence-electron chi connectivity index (χ0n) is 11.2. The second-order valence-corrected chi connectivity index (χ2v) is 5.47. The van der Waals surface area contributed by atoms with E-state index in [1.165, 1.54) is 10.4 Å². The number of rotatable bonds is 5. The van der Waals surface area contributed by atoms with Crippen LogP contribution in [0.2, 0.25) is 0 Å². The monoisotopic (exact) mass is 285 g/mol. The van der Waals surface area contributed by atoms with Gasteiger partial charge in [0.05, 0.1) is 12.2 Å². The lowest BCUT2D eigenvalue weighted by atomic mass is 10.3. The molecule has 0 aliphatic heterocycles. The minimum absolute atomic E-state index is 0.638. The summed E-state index contributed by atoms with van der Waals surface area (Å²) in [5.74, 6) is 0.811. The van der Waals surface area contributed by atoms with E-state index in [1.54, 1.807) is 16.0 Å². The molecular formula is C14H15N5S. The topological polar surface area (TPSA) is 55.6 Å². The fourth-order valence-corrected chi connectivity index (χ4v) is 2.83. The lowest BCUT2D eigenvalue weighted by Gasteiger charge is -2.05. The van der Waals surface area contributed by atoms with Crippen LogP contribution in [0.3, 0.4) is 0 Å². The van der Waals surface area contributed by atoms with Crippen molar-refractivity contribution >= 4 is 11.3 Å². The summed E-state index contributed by atoms with van der Waals surface area (Å²) in [5, 5.41) is 17.4. The summed E-state index contributed by atoms with van der Waals surface area (Å²) in [4.78, 5) is 1.35. The molecule has 0 bridgehead atoms. The normalized spacial score (nSPS) is 10.8. The Hall–Kier alpha value is -2.05. The number of hydrogen-bond acceptors (Lipinski definition) is 5. The molecule has 20 heavy (non-hydrogen) atoms. The fraction of sp³-hybridized carbons (Fsp3) is 0.214. The Morgan fingerprint density at radius 2 is 2.00 bits per heavy atom. The van der Waals surface area contributed by atoms with Crippen LogP contribution in [0, 0.1) is 6.92 Å². The quantitative estimate of drug-likeness (QED) is 0.781. The molecule has 2 aromatic heterocycles. The molecule has 1 aromatic carbocycles. The molecule has 0 unspecified atom stereocenters. The number of thiophene rings is 1. The van der Waals surface area contributed by atoms with E-state index >= 15 is 0 Å².